The van der Waals surface area contributed by atoms with Gasteiger partial charge in [0.15, 0.2) is 18.1 Å². The topological polar surface area (TPSA) is 77.5 Å². The summed E-state index contributed by atoms with van der Waals surface area (Å²) in [6.07, 6.45) is 3.36. The van der Waals surface area contributed by atoms with Crippen molar-refractivity contribution in [1.29, 1.82) is 0 Å². The van der Waals surface area contributed by atoms with E-state index >= 15 is 0 Å². The Kier molecular flexibility index (Phi) is 6.64. The first kappa shape index (κ1) is 23.9. The van der Waals surface area contributed by atoms with E-state index in [1.807, 2.05) is 43.3 Å². The first-order valence-corrected chi connectivity index (χ1v) is 12.6. The van der Waals surface area contributed by atoms with E-state index in [0.717, 1.165) is 49.4 Å². The summed E-state index contributed by atoms with van der Waals surface area (Å²) in [6, 6.07) is 14.2. The second-order valence-electron chi connectivity index (χ2n) is 10.3. The highest BCUT2D eigenvalue weighted by Crippen LogP contribution is 2.54. The lowest BCUT2D eigenvalue weighted by Gasteiger charge is -2.54. The normalized spacial score (nSPS) is 27.1. The molecule has 7 nitrogen and oxygen atoms in total. The monoisotopic (exact) mass is 481 g/mol. The highest BCUT2D eigenvalue weighted by atomic mass is 16.5. The van der Waals surface area contributed by atoms with Crippen molar-refractivity contribution in [1.82, 2.24) is 4.90 Å². The molecule has 35 heavy (non-hydrogen) atoms. The number of para-hydroxylation sites is 1. The molecule has 7 heteroatoms. The maximum absolute atomic E-state index is 10.7. The van der Waals surface area contributed by atoms with Crippen molar-refractivity contribution in [2.45, 2.75) is 70.4 Å². The molecule has 3 aliphatic rings. The lowest BCUT2D eigenvalue weighted by molar-refractivity contribution is -0.190. The summed E-state index contributed by atoms with van der Waals surface area (Å²) in [6.45, 7) is 8.46. The van der Waals surface area contributed by atoms with Crippen LogP contribution in [0.3, 0.4) is 0 Å². The number of carboxylic acid groups (broad SMARTS) is 1. The van der Waals surface area contributed by atoms with Crippen LogP contribution in [0.15, 0.2) is 42.5 Å². The van der Waals surface area contributed by atoms with Crippen LogP contribution in [-0.4, -0.2) is 53.5 Å². The van der Waals surface area contributed by atoms with Crippen LogP contribution in [0, 0.1) is 5.92 Å². The Morgan fingerprint density at radius 3 is 2.71 bits per heavy atom. The minimum atomic E-state index is -0.976. The number of likely N-dealkylation sites (tertiary alicyclic amines) is 1. The van der Waals surface area contributed by atoms with Gasteiger partial charge < -0.3 is 24.1 Å². The molecule has 3 aliphatic heterocycles. The van der Waals surface area contributed by atoms with Gasteiger partial charge in [-0.25, -0.2) is 4.79 Å². The number of piperidine rings is 1. The van der Waals surface area contributed by atoms with Gasteiger partial charge in [-0.15, -0.1) is 0 Å². The molecule has 3 heterocycles. The summed E-state index contributed by atoms with van der Waals surface area (Å²) in [7, 11) is 0. The highest BCUT2D eigenvalue weighted by Gasteiger charge is 2.52. The summed E-state index contributed by atoms with van der Waals surface area (Å²) in [4.78, 5) is 13.3. The first-order valence-electron chi connectivity index (χ1n) is 12.6. The summed E-state index contributed by atoms with van der Waals surface area (Å²) >= 11 is 0. The molecule has 1 N–H and O–H groups in total. The third-order valence-corrected chi connectivity index (χ3v) is 7.56. The quantitative estimate of drug-likeness (QED) is 0.607. The Morgan fingerprint density at radius 2 is 1.97 bits per heavy atom. The van der Waals surface area contributed by atoms with Gasteiger partial charge >= 0.3 is 5.97 Å². The molecule has 2 saturated heterocycles. The number of benzene rings is 2. The van der Waals surface area contributed by atoms with Crippen LogP contribution in [0.2, 0.25) is 0 Å². The van der Waals surface area contributed by atoms with Crippen LogP contribution in [0.1, 0.15) is 57.3 Å². The largest absolute Gasteiger partial charge is 0.490 e. The molecule has 0 aliphatic carbocycles. The fraction of sp³-hybridized carbons (Fsp3) is 0.536. The number of nitrogens with zero attached hydrogens (tertiary/aromatic N) is 1. The number of carboxylic acids is 1. The van der Waals surface area contributed by atoms with Crippen LogP contribution in [0.4, 0.5) is 0 Å². The Bertz CT molecular complexity index is 1050. The minimum absolute atomic E-state index is 0.000948. The third kappa shape index (κ3) is 4.84. The molecule has 0 unspecified atom stereocenters. The van der Waals surface area contributed by atoms with Gasteiger partial charge in [0.25, 0.3) is 0 Å². The number of hydrogen-bond donors (Lipinski definition) is 1. The van der Waals surface area contributed by atoms with E-state index in [1.165, 1.54) is 5.56 Å². The highest BCUT2D eigenvalue weighted by molar-refractivity contribution is 5.68. The maximum Gasteiger partial charge on any atom is 0.341 e. The van der Waals surface area contributed by atoms with Crippen molar-refractivity contribution < 1.29 is 28.8 Å². The molecule has 0 amide bonds. The second-order valence-corrected chi connectivity index (χ2v) is 10.3. The van der Waals surface area contributed by atoms with Crippen molar-refractivity contribution >= 4 is 5.97 Å². The van der Waals surface area contributed by atoms with E-state index in [0.29, 0.717) is 18.4 Å². The Balaban J connectivity index is 1.34. The predicted molar refractivity (Wildman–Crippen MR) is 131 cm³/mol. The molecule has 0 radical (unpaired) electrons. The van der Waals surface area contributed by atoms with Crippen LogP contribution < -0.4 is 14.2 Å². The van der Waals surface area contributed by atoms with Crippen LogP contribution in [-0.2, 0) is 16.1 Å². The molecular weight excluding hydrogens is 446 g/mol. The Morgan fingerprint density at radius 1 is 1.17 bits per heavy atom. The van der Waals surface area contributed by atoms with Gasteiger partial charge in [-0.1, -0.05) is 24.3 Å². The summed E-state index contributed by atoms with van der Waals surface area (Å²) in [5, 5.41) is 8.81. The molecule has 4 atom stereocenters. The van der Waals surface area contributed by atoms with E-state index in [-0.39, 0.29) is 30.3 Å². The van der Waals surface area contributed by atoms with Gasteiger partial charge in [0.2, 0.25) is 0 Å². The molecular formula is C28H35NO6. The van der Waals surface area contributed by atoms with Crippen LogP contribution in [0.5, 0.6) is 17.2 Å². The third-order valence-electron chi connectivity index (χ3n) is 7.56. The van der Waals surface area contributed by atoms with E-state index in [2.05, 4.69) is 24.8 Å². The second kappa shape index (κ2) is 9.70. The average molecular weight is 482 g/mol. The van der Waals surface area contributed by atoms with Gasteiger partial charge in [0, 0.05) is 24.1 Å². The molecule has 188 valence electrons. The van der Waals surface area contributed by atoms with Crippen molar-refractivity contribution in [3.8, 4) is 17.2 Å². The minimum Gasteiger partial charge on any atom is -0.490 e. The maximum atomic E-state index is 10.7. The number of fused-ring (bicyclic) bond motifs is 4. The van der Waals surface area contributed by atoms with Gasteiger partial charge in [-0.05, 0) is 70.3 Å². The SMILES string of the molecule is CCOc1cccc2c1OC(C)(C)[C@@H]1C[C@@H]3[C@@H](CCCN3Cc3ccc(OCC(=O)O)cc3)O[C@@H]21. The zero-order valence-corrected chi connectivity index (χ0v) is 20.7. The van der Waals surface area contributed by atoms with Crippen molar-refractivity contribution in [2.24, 2.45) is 5.92 Å². The van der Waals surface area contributed by atoms with Gasteiger partial charge in [-0.3, -0.25) is 4.90 Å². The predicted octanol–water partition coefficient (Wildman–Crippen LogP) is 4.83. The smallest absolute Gasteiger partial charge is 0.341 e. The number of hydrogen-bond acceptors (Lipinski definition) is 6. The first-order chi connectivity index (χ1) is 16.9. The number of carbonyl (C=O) groups is 1. The van der Waals surface area contributed by atoms with E-state index < -0.39 is 5.97 Å². The summed E-state index contributed by atoms with van der Waals surface area (Å²) < 4.78 is 24.6. The number of aliphatic carboxylic acids is 1. The van der Waals surface area contributed by atoms with Crippen molar-refractivity contribution in [2.75, 3.05) is 19.8 Å². The zero-order chi connectivity index (χ0) is 24.6. The van der Waals surface area contributed by atoms with Gasteiger partial charge in [0.05, 0.1) is 18.8 Å². The lowest BCUT2D eigenvalue weighted by Crippen LogP contribution is -2.58. The molecule has 2 aromatic carbocycles. The van der Waals surface area contributed by atoms with E-state index in [1.54, 1.807) is 0 Å². The summed E-state index contributed by atoms with van der Waals surface area (Å²) in [5.41, 5.74) is 1.91. The fourth-order valence-corrected chi connectivity index (χ4v) is 5.89. The Labute approximate surface area is 206 Å². The number of ether oxygens (including phenoxy) is 4. The molecule has 0 spiro atoms. The fourth-order valence-electron chi connectivity index (χ4n) is 5.89. The molecule has 5 rings (SSSR count). The summed E-state index contributed by atoms with van der Waals surface area (Å²) in [5.74, 6) is 1.46. The van der Waals surface area contributed by atoms with E-state index in [4.69, 9.17) is 24.1 Å². The number of rotatable bonds is 7. The van der Waals surface area contributed by atoms with Crippen molar-refractivity contribution in [3.63, 3.8) is 0 Å². The Hall–Kier alpha value is -2.77. The molecule has 2 fully saturated rings. The van der Waals surface area contributed by atoms with Crippen molar-refractivity contribution in [3.05, 3.63) is 53.6 Å². The van der Waals surface area contributed by atoms with E-state index in [9.17, 15) is 4.79 Å². The van der Waals surface area contributed by atoms with Crippen LogP contribution >= 0.6 is 0 Å². The molecule has 2 aromatic rings. The molecule has 0 saturated carbocycles. The standard InChI is InChI=1S/C28H35NO6/c1-4-32-24-8-5-7-20-26-21(28(2,3)35-27(20)24)15-22-23(34-26)9-6-14-29(22)16-18-10-12-19(13-11-18)33-17-25(30)31/h5,7-8,10-13,21-23,26H,4,6,9,14-17H2,1-3H3,(H,30,31)/t21-,22-,23-,26+/m1/s1. The van der Waals surface area contributed by atoms with Gasteiger partial charge in [0.1, 0.15) is 11.4 Å². The van der Waals surface area contributed by atoms with Gasteiger partial charge in [-0.2, -0.15) is 0 Å². The molecule has 0 bridgehead atoms. The average Bonchev–Trinajstić information content (AvgIpc) is 2.83. The molecule has 0 aromatic heterocycles. The zero-order valence-electron chi connectivity index (χ0n) is 20.7. The van der Waals surface area contributed by atoms with Crippen LogP contribution in [0.25, 0.3) is 0 Å². The lowest BCUT2D eigenvalue weighted by atomic mass is 9.72.